The topological polar surface area (TPSA) is 42.0 Å². The molecule has 9 heteroatoms. The van der Waals surface area contributed by atoms with Gasteiger partial charge in [-0.15, -0.1) is 0 Å². The quantitative estimate of drug-likeness (QED) is 0.668. The van der Waals surface area contributed by atoms with Crippen LogP contribution in [0.25, 0.3) is 0 Å². The molecule has 0 aliphatic heterocycles. The lowest BCUT2D eigenvalue weighted by Gasteiger charge is -2.07. The number of carbonyl (C=O) groups excluding carboxylic acids is 1. The molecule has 0 bridgehead atoms. The molecule has 0 aliphatic rings. The summed E-state index contributed by atoms with van der Waals surface area (Å²) in [6, 6.07) is 4.68. The van der Waals surface area contributed by atoms with Crippen molar-refractivity contribution in [2.24, 2.45) is 0 Å². The largest absolute Gasteiger partial charge is 0.417 e. The van der Waals surface area contributed by atoms with E-state index in [1.807, 2.05) is 0 Å². The van der Waals surface area contributed by atoms with Gasteiger partial charge in [-0.05, 0) is 24.3 Å². The SMILES string of the molecule is O=C(CSc1ccc(C(F)(F)F)cn1)Nc1ccc(F)cc1F. The number of nitrogens with one attached hydrogen (secondary N) is 1. The van der Waals surface area contributed by atoms with Crippen molar-refractivity contribution in [1.82, 2.24) is 4.98 Å². The lowest BCUT2D eigenvalue weighted by atomic mass is 10.3. The van der Waals surface area contributed by atoms with E-state index >= 15 is 0 Å². The smallest absolute Gasteiger partial charge is 0.323 e. The van der Waals surface area contributed by atoms with E-state index in [4.69, 9.17) is 0 Å². The van der Waals surface area contributed by atoms with Crippen LogP contribution in [0.5, 0.6) is 0 Å². The zero-order valence-corrected chi connectivity index (χ0v) is 12.1. The number of alkyl halides is 3. The molecule has 122 valence electrons. The zero-order valence-electron chi connectivity index (χ0n) is 11.3. The molecule has 0 saturated heterocycles. The Balaban J connectivity index is 1.91. The number of aromatic nitrogens is 1. The number of benzene rings is 1. The summed E-state index contributed by atoms with van der Waals surface area (Å²) in [5, 5.41) is 2.45. The summed E-state index contributed by atoms with van der Waals surface area (Å²) in [6.45, 7) is 0. The van der Waals surface area contributed by atoms with E-state index in [-0.39, 0.29) is 16.5 Å². The predicted molar refractivity (Wildman–Crippen MR) is 75.0 cm³/mol. The summed E-state index contributed by atoms with van der Waals surface area (Å²) in [7, 11) is 0. The summed E-state index contributed by atoms with van der Waals surface area (Å²) in [5.74, 6) is -2.48. The van der Waals surface area contributed by atoms with Crippen LogP contribution in [-0.4, -0.2) is 16.6 Å². The fourth-order valence-electron chi connectivity index (χ4n) is 1.55. The minimum Gasteiger partial charge on any atom is -0.323 e. The number of carbonyl (C=O) groups is 1. The van der Waals surface area contributed by atoms with Crippen LogP contribution in [0.1, 0.15) is 5.56 Å². The molecular weight excluding hydrogens is 339 g/mol. The van der Waals surface area contributed by atoms with Crippen molar-refractivity contribution in [3.05, 3.63) is 53.7 Å². The summed E-state index contributed by atoms with van der Waals surface area (Å²) < 4.78 is 63.2. The van der Waals surface area contributed by atoms with Crippen LogP contribution < -0.4 is 5.32 Å². The number of hydrogen-bond donors (Lipinski definition) is 1. The number of halogens is 5. The number of hydrogen-bond acceptors (Lipinski definition) is 3. The van der Waals surface area contributed by atoms with Crippen LogP contribution in [-0.2, 0) is 11.0 Å². The van der Waals surface area contributed by atoms with E-state index in [0.717, 1.165) is 36.0 Å². The van der Waals surface area contributed by atoms with Crippen molar-refractivity contribution in [3.63, 3.8) is 0 Å². The number of anilines is 1. The highest BCUT2D eigenvalue weighted by molar-refractivity contribution is 7.99. The molecule has 0 saturated carbocycles. The highest BCUT2D eigenvalue weighted by Crippen LogP contribution is 2.29. The van der Waals surface area contributed by atoms with Gasteiger partial charge in [0.2, 0.25) is 5.91 Å². The third kappa shape index (κ3) is 4.92. The van der Waals surface area contributed by atoms with E-state index < -0.39 is 29.3 Å². The average Bonchev–Trinajstić information content (AvgIpc) is 2.47. The lowest BCUT2D eigenvalue weighted by molar-refractivity contribution is -0.137. The van der Waals surface area contributed by atoms with Crippen LogP contribution in [0.4, 0.5) is 27.6 Å². The summed E-state index contributed by atoms with van der Waals surface area (Å²) in [6.07, 6.45) is -3.81. The van der Waals surface area contributed by atoms with Gasteiger partial charge < -0.3 is 5.32 Å². The van der Waals surface area contributed by atoms with Gasteiger partial charge in [0.05, 0.1) is 22.0 Å². The normalized spacial score (nSPS) is 11.3. The molecule has 1 aromatic carbocycles. The minimum absolute atomic E-state index is 0.183. The van der Waals surface area contributed by atoms with Crippen LogP contribution in [0, 0.1) is 11.6 Å². The Hall–Kier alpha value is -2.16. The number of nitrogens with zero attached hydrogens (tertiary/aromatic N) is 1. The lowest BCUT2D eigenvalue weighted by Crippen LogP contribution is -2.15. The molecule has 1 heterocycles. The monoisotopic (exact) mass is 348 g/mol. The molecule has 3 nitrogen and oxygen atoms in total. The van der Waals surface area contributed by atoms with E-state index in [9.17, 15) is 26.7 Å². The first kappa shape index (κ1) is 17.2. The first-order valence-corrected chi connectivity index (χ1v) is 7.15. The molecule has 1 amide bonds. The highest BCUT2D eigenvalue weighted by atomic mass is 32.2. The van der Waals surface area contributed by atoms with Gasteiger partial charge in [0.1, 0.15) is 11.6 Å². The van der Waals surface area contributed by atoms with E-state index in [0.29, 0.717) is 12.3 Å². The number of thioether (sulfide) groups is 1. The molecule has 1 aromatic heterocycles. The van der Waals surface area contributed by atoms with Crippen LogP contribution in [0.2, 0.25) is 0 Å². The van der Waals surface area contributed by atoms with Crippen molar-refractivity contribution in [3.8, 4) is 0 Å². The fourth-order valence-corrected chi connectivity index (χ4v) is 2.19. The molecule has 23 heavy (non-hydrogen) atoms. The molecule has 0 spiro atoms. The third-order valence-electron chi connectivity index (χ3n) is 2.62. The molecule has 2 aromatic rings. The van der Waals surface area contributed by atoms with Crippen molar-refractivity contribution in [1.29, 1.82) is 0 Å². The van der Waals surface area contributed by atoms with Crippen molar-refractivity contribution < 1.29 is 26.7 Å². The minimum atomic E-state index is -4.48. The maximum absolute atomic E-state index is 13.3. The Morgan fingerprint density at radius 3 is 2.48 bits per heavy atom. The highest BCUT2D eigenvalue weighted by Gasteiger charge is 2.30. The Bertz CT molecular complexity index is 703. The standard InChI is InChI=1S/C14H9F5N2OS/c15-9-2-3-11(10(16)5-9)21-12(22)7-23-13-4-1-8(6-20-13)14(17,18)19/h1-6H,7H2,(H,21,22). The van der Waals surface area contributed by atoms with Crippen molar-refractivity contribution in [2.45, 2.75) is 11.2 Å². The van der Waals surface area contributed by atoms with Gasteiger partial charge in [0.25, 0.3) is 0 Å². The second-order valence-electron chi connectivity index (χ2n) is 4.34. The average molecular weight is 348 g/mol. The van der Waals surface area contributed by atoms with Gasteiger partial charge in [-0.25, -0.2) is 13.8 Å². The van der Waals surface area contributed by atoms with Crippen LogP contribution in [0.3, 0.4) is 0 Å². The van der Waals surface area contributed by atoms with Gasteiger partial charge in [-0.3, -0.25) is 4.79 Å². The van der Waals surface area contributed by atoms with Crippen molar-refractivity contribution >= 4 is 23.4 Å². The number of rotatable bonds is 4. The number of amides is 1. The molecule has 0 fully saturated rings. The van der Waals surface area contributed by atoms with Crippen molar-refractivity contribution in [2.75, 3.05) is 11.1 Å². The number of pyridine rings is 1. The van der Waals surface area contributed by atoms with Gasteiger partial charge in [0.15, 0.2) is 0 Å². The van der Waals surface area contributed by atoms with Crippen LogP contribution in [0.15, 0.2) is 41.6 Å². The Labute approximate surface area is 131 Å². The first-order valence-electron chi connectivity index (χ1n) is 6.16. The maximum Gasteiger partial charge on any atom is 0.417 e. The van der Waals surface area contributed by atoms with Gasteiger partial charge in [-0.2, -0.15) is 13.2 Å². The second kappa shape index (κ2) is 6.95. The summed E-state index contributed by atoms with van der Waals surface area (Å²) in [4.78, 5) is 15.2. The Morgan fingerprint density at radius 1 is 1.17 bits per heavy atom. The molecule has 0 radical (unpaired) electrons. The van der Waals surface area contributed by atoms with E-state index in [1.54, 1.807) is 0 Å². The molecule has 0 aliphatic carbocycles. The summed E-state index contributed by atoms with van der Waals surface area (Å²) in [5.41, 5.74) is -1.07. The first-order chi connectivity index (χ1) is 10.8. The maximum atomic E-state index is 13.3. The molecule has 0 unspecified atom stereocenters. The van der Waals surface area contributed by atoms with Gasteiger partial charge >= 0.3 is 6.18 Å². The Kier molecular flexibility index (Phi) is 5.19. The predicted octanol–water partition coefficient (Wildman–Crippen LogP) is 4.11. The summed E-state index contributed by atoms with van der Waals surface area (Å²) >= 11 is 0.889. The second-order valence-corrected chi connectivity index (χ2v) is 5.34. The third-order valence-corrected chi connectivity index (χ3v) is 3.56. The van der Waals surface area contributed by atoms with Gasteiger partial charge in [-0.1, -0.05) is 11.8 Å². The van der Waals surface area contributed by atoms with E-state index in [1.165, 1.54) is 0 Å². The molecular formula is C14H9F5N2OS. The molecule has 2 rings (SSSR count). The van der Waals surface area contributed by atoms with Gasteiger partial charge in [0, 0.05) is 12.3 Å². The zero-order chi connectivity index (χ0) is 17.0. The molecule has 0 atom stereocenters. The Morgan fingerprint density at radius 2 is 1.91 bits per heavy atom. The van der Waals surface area contributed by atoms with E-state index in [2.05, 4.69) is 10.3 Å². The fraction of sp³-hybridized carbons (Fsp3) is 0.143. The van der Waals surface area contributed by atoms with Crippen LogP contribution >= 0.6 is 11.8 Å². The molecule has 1 N–H and O–H groups in total.